The summed E-state index contributed by atoms with van der Waals surface area (Å²) >= 11 is 6.20. The first-order valence-electron chi connectivity index (χ1n) is 9.91. The standard InChI is InChI=1S/C22H24ClN3O3/c1-25-10-8-22(9-11-25)26-18(15-4-3-5-20(28-2)21(15)29-22)13-17(24-26)16-12-14(23)6-7-19(16)27/h3-7,12,18,27H,8-11,13H2,1-2H3/t18-/m0/s1. The molecule has 5 rings (SSSR count). The lowest BCUT2D eigenvalue weighted by Crippen LogP contribution is -2.58. The van der Waals surface area contributed by atoms with Gasteiger partial charge in [0, 0.05) is 48.5 Å². The molecule has 3 aliphatic heterocycles. The Morgan fingerprint density at radius 3 is 2.79 bits per heavy atom. The summed E-state index contributed by atoms with van der Waals surface area (Å²) in [5, 5.41) is 18.1. The van der Waals surface area contributed by atoms with E-state index in [1.807, 2.05) is 12.1 Å². The van der Waals surface area contributed by atoms with Crippen LogP contribution in [-0.2, 0) is 0 Å². The molecule has 6 nitrogen and oxygen atoms in total. The highest BCUT2D eigenvalue weighted by Crippen LogP contribution is 2.53. The summed E-state index contributed by atoms with van der Waals surface area (Å²) in [5.41, 5.74) is 2.05. The van der Waals surface area contributed by atoms with E-state index < -0.39 is 5.72 Å². The molecule has 0 bridgehead atoms. The van der Waals surface area contributed by atoms with E-state index in [0.717, 1.165) is 48.7 Å². The highest BCUT2D eigenvalue weighted by Gasteiger charge is 2.52. The molecule has 1 fully saturated rings. The second kappa shape index (κ2) is 6.82. The van der Waals surface area contributed by atoms with Gasteiger partial charge in [0.1, 0.15) is 5.75 Å². The van der Waals surface area contributed by atoms with E-state index in [0.29, 0.717) is 17.0 Å². The van der Waals surface area contributed by atoms with Gasteiger partial charge in [-0.05, 0) is 31.3 Å². The molecule has 0 aliphatic carbocycles. The van der Waals surface area contributed by atoms with Crippen molar-refractivity contribution in [2.45, 2.75) is 31.0 Å². The average molecular weight is 414 g/mol. The summed E-state index contributed by atoms with van der Waals surface area (Å²) in [6.07, 6.45) is 2.36. The monoisotopic (exact) mass is 413 g/mol. The van der Waals surface area contributed by atoms with Gasteiger partial charge >= 0.3 is 0 Å². The number of benzene rings is 2. The van der Waals surface area contributed by atoms with Crippen molar-refractivity contribution >= 4 is 17.3 Å². The predicted octanol–water partition coefficient (Wildman–Crippen LogP) is 4.02. The number of para-hydroxylation sites is 1. The van der Waals surface area contributed by atoms with Crippen LogP contribution in [0.5, 0.6) is 17.2 Å². The molecule has 7 heteroatoms. The lowest BCUT2D eigenvalue weighted by molar-refractivity contribution is -0.148. The fraction of sp³-hybridized carbons (Fsp3) is 0.409. The summed E-state index contributed by atoms with van der Waals surface area (Å²) in [5.74, 6) is 1.75. The first-order chi connectivity index (χ1) is 14.0. The number of fused-ring (bicyclic) bond motifs is 4. The maximum Gasteiger partial charge on any atom is 0.200 e. The Balaban J connectivity index is 1.63. The number of hydrazone groups is 1. The maximum atomic E-state index is 10.4. The number of phenolic OH excluding ortho intramolecular Hbond substituents is 1. The molecule has 0 unspecified atom stereocenters. The Kier molecular flexibility index (Phi) is 4.37. The normalized spacial score (nSPS) is 22.7. The summed E-state index contributed by atoms with van der Waals surface area (Å²) in [7, 11) is 3.80. The number of nitrogens with zero attached hydrogens (tertiary/aromatic N) is 3. The van der Waals surface area contributed by atoms with Crippen molar-refractivity contribution in [1.82, 2.24) is 9.91 Å². The molecule has 0 radical (unpaired) electrons. The average Bonchev–Trinajstić information content (AvgIpc) is 3.18. The molecule has 3 heterocycles. The maximum absolute atomic E-state index is 10.4. The van der Waals surface area contributed by atoms with E-state index >= 15 is 0 Å². The number of methoxy groups -OCH3 is 1. The molecule has 0 amide bonds. The van der Waals surface area contributed by atoms with Crippen LogP contribution < -0.4 is 9.47 Å². The lowest BCUT2D eigenvalue weighted by Gasteiger charge is -2.50. The molecule has 0 saturated carbocycles. The predicted molar refractivity (Wildman–Crippen MR) is 112 cm³/mol. The van der Waals surface area contributed by atoms with E-state index in [1.165, 1.54) is 0 Å². The van der Waals surface area contributed by atoms with E-state index in [2.05, 4.69) is 23.0 Å². The van der Waals surface area contributed by atoms with Gasteiger partial charge in [0.2, 0.25) is 5.72 Å². The van der Waals surface area contributed by atoms with Crippen molar-refractivity contribution in [2.75, 3.05) is 27.2 Å². The minimum Gasteiger partial charge on any atom is -0.507 e. The highest BCUT2D eigenvalue weighted by atomic mass is 35.5. The van der Waals surface area contributed by atoms with Gasteiger partial charge in [-0.3, -0.25) is 0 Å². The number of halogens is 1. The summed E-state index contributed by atoms with van der Waals surface area (Å²) in [6.45, 7) is 1.86. The molecule has 1 N–H and O–H groups in total. The van der Waals surface area contributed by atoms with Crippen LogP contribution in [0.2, 0.25) is 5.02 Å². The number of rotatable bonds is 2. The first-order valence-corrected chi connectivity index (χ1v) is 10.3. The Bertz CT molecular complexity index is 985. The van der Waals surface area contributed by atoms with Gasteiger partial charge in [0.15, 0.2) is 11.5 Å². The van der Waals surface area contributed by atoms with Crippen LogP contribution in [0.15, 0.2) is 41.5 Å². The second-order valence-corrected chi connectivity index (χ2v) is 8.44. The van der Waals surface area contributed by atoms with Crippen molar-refractivity contribution in [1.29, 1.82) is 0 Å². The van der Waals surface area contributed by atoms with Gasteiger partial charge in [0.25, 0.3) is 0 Å². The third-order valence-corrected chi connectivity index (χ3v) is 6.48. The van der Waals surface area contributed by atoms with Crippen LogP contribution >= 0.6 is 11.6 Å². The van der Waals surface area contributed by atoms with Gasteiger partial charge in [-0.2, -0.15) is 5.10 Å². The Morgan fingerprint density at radius 2 is 2.03 bits per heavy atom. The highest BCUT2D eigenvalue weighted by molar-refractivity contribution is 6.31. The van der Waals surface area contributed by atoms with Gasteiger partial charge in [-0.25, -0.2) is 5.01 Å². The third kappa shape index (κ3) is 2.93. The Morgan fingerprint density at radius 1 is 1.24 bits per heavy atom. The van der Waals surface area contributed by atoms with Crippen molar-refractivity contribution in [2.24, 2.45) is 5.10 Å². The zero-order valence-electron chi connectivity index (χ0n) is 16.6. The fourth-order valence-electron chi connectivity index (χ4n) is 4.63. The van der Waals surface area contributed by atoms with E-state index in [1.54, 1.807) is 25.3 Å². The van der Waals surface area contributed by atoms with E-state index in [9.17, 15) is 5.11 Å². The molecule has 1 atom stereocenters. The zero-order valence-corrected chi connectivity index (χ0v) is 17.3. The van der Waals surface area contributed by atoms with Crippen molar-refractivity contribution in [3.8, 4) is 17.2 Å². The summed E-state index contributed by atoms with van der Waals surface area (Å²) in [4.78, 5) is 2.31. The van der Waals surface area contributed by atoms with Crippen molar-refractivity contribution in [3.63, 3.8) is 0 Å². The van der Waals surface area contributed by atoms with E-state index in [-0.39, 0.29) is 11.8 Å². The molecule has 0 aromatic heterocycles. The number of aromatic hydroxyl groups is 1. The first kappa shape index (κ1) is 18.6. The fourth-order valence-corrected chi connectivity index (χ4v) is 4.80. The SMILES string of the molecule is COc1cccc2c1OC1(CCN(C)CC1)N1N=C(c3cc(Cl)ccc3O)C[C@@H]21. The Hall–Kier alpha value is -2.44. The van der Waals surface area contributed by atoms with Gasteiger partial charge in [-0.1, -0.05) is 23.7 Å². The summed E-state index contributed by atoms with van der Waals surface area (Å²) < 4.78 is 12.3. The zero-order chi connectivity index (χ0) is 20.2. The minimum absolute atomic E-state index is 0.0330. The van der Waals surface area contributed by atoms with Gasteiger partial charge in [0.05, 0.1) is 18.9 Å². The molecule has 3 aliphatic rings. The number of likely N-dealkylation sites (tertiary alicyclic amines) is 1. The van der Waals surface area contributed by atoms with Crippen LogP contribution in [0.1, 0.15) is 36.4 Å². The molecule has 2 aromatic rings. The number of piperidine rings is 1. The van der Waals surface area contributed by atoms with Crippen LogP contribution in [0.4, 0.5) is 0 Å². The third-order valence-electron chi connectivity index (χ3n) is 6.25. The second-order valence-electron chi connectivity index (χ2n) is 8.00. The van der Waals surface area contributed by atoms with E-state index in [4.69, 9.17) is 26.2 Å². The minimum atomic E-state index is -0.519. The molecular weight excluding hydrogens is 390 g/mol. The number of hydrogen-bond acceptors (Lipinski definition) is 6. The Labute approximate surface area is 175 Å². The topological polar surface area (TPSA) is 57.5 Å². The van der Waals surface area contributed by atoms with Crippen LogP contribution in [0, 0.1) is 0 Å². The molecular formula is C22H24ClN3O3. The largest absolute Gasteiger partial charge is 0.507 e. The number of ether oxygens (including phenoxy) is 2. The number of hydrogen-bond donors (Lipinski definition) is 1. The molecule has 29 heavy (non-hydrogen) atoms. The molecule has 1 saturated heterocycles. The smallest absolute Gasteiger partial charge is 0.200 e. The van der Waals surface area contributed by atoms with Crippen molar-refractivity contribution in [3.05, 3.63) is 52.5 Å². The van der Waals surface area contributed by atoms with Gasteiger partial charge < -0.3 is 19.5 Å². The molecule has 2 aromatic carbocycles. The molecule has 1 spiro atoms. The summed E-state index contributed by atoms with van der Waals surface area (Å²) in [6, 6.07) is 11.1. The van der Waals surface area contributed by atoms with Crippen molar-refractivity contribution < 1.29 is 14.6 Å². The molecule has 152 valence electrons. The van der Waals surface area contributed by atoms with Crippen LogP contribution in [0.3, 0.4) is 0 Å². The number of phenols is 1. The van der Waals surface area contributed by atoms with Crippen LogP contribution in [-0.4, -0.2) is 53.7 Å². The van der Waals surface area contributed by atoms with Gasteiger partial charge in [-0.15, -0.1) is 0 Å². The lowest BCUT2D eigenvalue weighted by atomic mass is 9.90. The van der Waals surface area contributed by atoms with Crippen LogP contribution in [0.25, 0.3) is 0 Å². The quantitative estimate of drug-likeness (QED) is 0.805.